The van der Waals surface area contributed by atoms with Gasteiger partial charge in [-0.25, -0.2) is 0 Å². The fourth-order valence-corrected chi connectivity index (χ4v) is 1.64. The van der Waals surface area contributed by atoms with Gasteiger partial charge in [-0.3, -0.25) is 4.79 Å². The summed E-state index contributed by atoms with van der Waals surface area (Å²) in [5.74, 6) is 0.183. The molecular formula is C10H16O2. The van der Waals surface area contributed by atoms with Crippen LogP contribution in [0.3, 0.4) is 0 Å². The zero-order valence-corrected chi connectivity index (χ0v) is 7.66. The molecule has 0 aromatic carbocycles. The summed E-state index contributed by atoms with van der Waals surface area (Å²) in [5, 5.41) is 8.73. The van der Waals surface area contributed by atoms with Crippen molar-refractivity contribution in [2.45, 2.75) is 26.7 Å². The molecule has 0 amide bonds. The number of rotatable bonds is 3. The molecule has 0 saturated carbocycles. The van der Waals surface area contributed by atoms with Gasteiger partial charge in [0.15, 0.2) is 0 Å². The van der Waals surface area contributed by atoms with Crippen LogP contribution in [0.5, 0.6) is 0 Å². The number of allylic oxidation sites excluding steroid dienone is 1. The molecule has 1 N–H and O–H groups in total. The van der Waals surface area contributed by atoms with Crippen molar-refractivity contribution in [3.05, 3.63) is 12.2 Å². The van der Waals surface area contributed by atoms with Crippen molar-refractivity contribution in [1.29, 1.82) is 0 Å². The molecule has 0 aromatic rings. The van der Waals surface area contributed by atoms with E-state index in [1.165, 1.54) is 0 Å². The van der Waals surface area contributed by atoms with E-state index in [2.05, 4.69) is 19.9 Å². The first kappa shape index (κ1) is 9.30. The summed E-state index contributed by atoms with van der Waals surface area (Å²) in [6, 6.07) is 0. The van der Waals surface area contributed by atoms with E-state index < -0.39 is 5.97 Å². The Labute approximate surface area is 73.3 Å². The quantitative estimate of drug-likeness (QED) is 0.656. The third-order valence-corrected chi connectivity index (χ3v) is 2.81. The number of aliphatic carboxylic acids is 1. The average molecular weight is 168 g/mol. The molecule has 0 saturated heterocycles. The summed E-state index contributed by atoms with van der Waals surface area (Å²) in [4.78, 5) is 10.6. The van der Waals surface area contributed by atoms with Crippen LogP contribution in [0.25, 0.3) is 0 Å². The van der Waals surface area contributed by atoms with Gasteiger partial charge in [-0.15, -0.1) is 0 Å². The predicted molar refractivity (Wildman–Crippen MR) is 47.8 cm³/mol. The third kappa shape index (κ3) is 1.87. The topological polar surface area (TPSA) is 37.3 Å². The molecule has 0 aliphatic heterocycles. The monoisotopic (exact) mass is 168 g/mol. The molecule has 0 bridgehead atoms. The molecule has 12 heavy (non-hydrogen) atoms. The molecule has 2 nitrogen and oxygen atoms in total. The fourth-order valence-electron chi connectivity index (χ4n) is 1.64. The van der Waals surface area contributed by atoms with Gasteiger partial charge in [0.25, 0.3) is 0 Å². The van der Waals surface area contributed by atoms with Crippen LogP contribution in [0.15, 0.2) is 12.2 Å². The molecule has 0 fully saturated rings. The van der Waals surface area contributed by atoms with E-state index >= 15 is 0 Å². The fraction of sp³-hybridized carbons (Fsp3) is 0.700. The van der Waals surface area contributed by atoms with Crippen LogP contribution in [0.4, 0.5) is 0 Å². The second-order valence-corrected chi connectivity index (χ2v) is 3.61. The highest BCUT2D eigenvalue weighted by Gasteiger charge is 2.26. The smallest absolute Gasteiger partial charge is 0.310 e. The minimum atomic E-state index is -0.683. The molecule has 1 aliphatic carbocycles. The Balaban J connectivity index is 2.47. The average Bonchev–Trinajstić information content (AvgIpc) is 2.51. The molecule has 3 atom stereocenters. The lowest BCUT2D eigenvalue weighted by atomic mass is 9.89. The second kappa shape index (κ2) is 3.74. The molecule has 0 spiro atoms. The highest BCUT2D eigenvalue weighted by molar-refractivity contribution is 5.72. The van der Waals surface area contributed by atoms with E-state index in [1.54, 1.807) is 0 Å². The van der Waals surface area contributed by atoms with Gasteiger partial charge < -0.3 is 5.11 Å². The van der Waals surface area contributed by atoms with Crippen LogP contribution >= 0.6 is 0 Å². The van der Waals surface area contributed by atoms with Crippen LogP contribution in [-0.2, 0) is 4.79 Å². The lowest BCUT2D eigenvalue weighted by Gasteiger charge is -2.15. The second-order valence-electron chi connectivity index (χ2n) is 3.61. The predicted octanol–water partition coefficient (Wildman–Crippen LogP) is 2.31. The first-order valence-corrected chi connectivity index (χ1v) is 4.56. The molecule has 3 unspecified atom stereocenters. The Bertz CT molecular complexity index is 196. The standard InChI is InChI=1S/C10H16O2/c1-3-7(2)8-4-5-9(6-8)10(11)12/h4-5,7-9H,3,6H2,1-2H3,(H,11,12). The minimum absolute atomic E-state index is 0.232. The molecule has 68 valence electrons. The van der Waals surface area contributed by atoms with Gasteiger partial charge in [0, 0.05) is 0 Å². The first-order valence-electron chi connectivity index (χ1n) is 4.56. The van der Waals surface area contributed by atoms with Crippen LogP contribution in [0.1, 0.15) is 26.7 Å². The van der Waals surface area contributed by atoms with Gasteiger partial charge in [-0.05, 0) is 18.3 Å². The maximum Gasteiger partial charge on any atom is 0.310 e. The van der Waals surface area contributed by atoms with Crippen molar-refractivity contribution in [3.8, 4) is 0 Å². The van der Waals surface area contributed by atoms with E-state index in [9.17, 15) is 4.79 Å². The van der Waals surface area contributed by atoms with Gasteiger partial charge >= 0.3 is 5.97 Å². The van der Waals surface area contributed by atoms with Gasteiger partial charge in [0.1, 0.15) is 0 Å². The van der Waals surface area contributed by atoms with Gasteiger partial charge in [0.2, 0.25) is 0 Å². The van der Waals surface area contributed by atoms with Crippen molar-refractivity contribution in [2.75, 3.05) is 0 Å². The van der Waals surface area contributed by atoms with Gasteiger partial charge in [-0.1, -0.05) is 32.4 Å². The Morgan fingerprint density at radius 1 is 1.67 bits per heavy atom. The summed E-state index contributed by atoms with van der Waals surface area (Å²) < 4.78 is 0. The molecule has 0 aromatic heterocycles. The van der Waals surface area contributed by atoms with Crippen LogP contribution in [-0.4, -0.2) is 11.1 Å². The lowest BCUT2D eigenvalue weighted by Crippen LogP contribution is -2.13. The number of carboxylic acid groups (broad SMARTS) is 1. The van der Waals surface area contributed by atoms with Crippen molar-refractivity contribution in [1.82, 2.24) is 0 Å². The van der Waals surface area contributed by atoms with E-state index in [0.717, 1.165) is 12.8 Å². The molecule has 2 heteroatoms. The van der Waals surface area contributed by atoms with Crippen molar-refractivity contribution < 1.29 is 9.90 Å². The molecule has 0 heterocycles. The number of carbonyl (C=O) groups is 1. The Hall–Kier alpha value is -0.790. The summed E-state index contributed by atoms with van der Waals surface area (Å²) in [6.45, 7) is 4.33. The SMILES string of the molecule is CCC(C)C1C=CC(C(=O)O)C1. The van der Waals surface area contributed by atoms with E-state index in [1.807, 2.05) is 6.08 Å². The van der Waals surface area contributed by atoms with Crippen molar-refractivity contribution in [2.24, 2.45) is 17.8 Å². The first-order chi connectivity index (χ1) is 5.65. The van der Waals surface area contributed by atoms with Crippen molar-refractivity contribution in [3.63, 3.8) is 0 Å². The summed E-state index contributed by atoms with van der Waals surface area (Å²) >= 11 is 0. The lowest BCUT2D eigenvalue weighted by molar-refractivity contribution is -0.140. The molecule has 1 rings (SSSR count). The van der Waals surface area contributed by atoms with Crippen LogP contribution in [0.2, 0.25) is 0 Å². The van der Waals surface area contributed by atoms with E-state index in [0.29, 0.717) is 11.8 Å². The number of hydrogen-bond donors (Lipinski definition) is 1. The Morgan fingerprint density at radius 3 is 2.75 bits per heavy atom. The maximum absolute atomic E-state index is 10.6. The van der Waals surface area contributed by atoms with Crippen molar-refractivity contribution >= 4 is 5.97 Å². The normalized spacial score (nSPS) is 30.5. The Morgan fingerprint density at radius 2 is 2.33 bits per heavy atom. The highest BCUT2D eigenvalue weighted by atomic mass is 16.4. The number of carboxylic acids is 1. The molecule has 1 aliphatic rings. The minimum Gasteiger partial charge on any atom is -0.481 e. The highest BCUT2D eigenvalue weighted by Crippen LogP contribution is 2.30. The molecule has 0 radical (unpaired) electrons. The van der Waals surface area contributed by atoms with Gasteiger partial charge in [-0.2, -0.15) is 0 Å². The zero-order chi connectivity index (χ0) is 9.14. The number of hydrogen-bond acceptors (Lipinski definition) is 1. The zero-order valence-electron chi connectivity index (χ0n) is 7.66. The van der Waals surface area contributed by atoms with Gasteiger partial charge in [0.05, 0.1) is 5.92 Å². The van der Waals surface area contributed by atoms with Crippen LogP contribution in [0, 0.1) is 17.8 Å². The van der Waals surface area contributed by atoms with E-state index in [4.69, 9.17) is 5.11 Å². The molecular weight excluding hydrogens is 152 g/mol. The summed E-state index contributed by atoms with van der Waals surface area (Å²) in [6.07, 6.45) is 5.82. The summed E-state index contributed by atoms with van der Waals surface area (Å²) in [5.41, 5.74) is 0. The summed E-state index contributed by atoms with van der Waals surface area (Å²) in [7, 11) is 0. The van der Waals surface area contributed by atoms with E-state index in [-0.39, 0.29) is 5.92 Å². The third-order valence-electron chi connectivity index (χ3n) is 2.81. The largest absolute Gasteiger partial charge is 0.481 e. The van der Waals surface area contributed by atoms with Crippen LogP contribution < -0.4 is 0 Å². The Kier molecular flexibility index (Phi) is 2.90. The maximum atomic E-state index is 10.6.